The molecule has 0 amide bonds. The number of piperidine rings is 3. The zero-order chi connectivity index (χ0) is 22.6. The lowest BCUT2D eigenvalue weighted by atomic mass is 9.94. The van der Waals surface area contributed by atoms with Crippen molar-refractivity contribution in [1.82, 2.24) is 19.0 Å². The Morgan fingerprint density at radius 3 is 2.26 bits per heavy atom. The molecule has 3 aliphatic rings. The lowest BCUT2D eigenvalue weighted by molar-refractivity contribution is 0.0110. The smallest absolute Gasteiger partial charge is 0.217 e. The number of likely N-dealkylation sites (tertiary alicyclic amines) is 3. The van der Waals surface area contributed by atoms with Crippen LogP contribution in [-0.4, -0.2) is 117 Å². The fourth-order valence-corrected chi connectivity index (χ4v) is 7.55. The number of hydrogen-bond acceptors (Lipinski definition) is 6. The van der Waals surface area contributed by atoms with Crippen molar-refractivity contribution in [2.45, 2.75) is 81.4 Å². The molecule has 0 aliphatic carbocycles. The first-order valence-corrected chi connectivity index (χ1v) is 13.8. The topological polar surface area (TPSA) is 73.1 Å². The van der Waals surface area contributed by atoms with E-state index in [2.05, 4.69) is 28.7 Å². The highest BCUT2D eigenvalue weighted by molar-refractivity contribution is 7.89. The fourth-order valence-electron chi connectivity index (χ4n) is 5.64. The molecule has 3 unspecified atom stereocenters. The van der Waals surface area contributed by atoms with Crippen LogP contribution in [0.3, 0.4) is 0 Å². The van der Waals surface area contributed by atoms with Gasteiger partial charge in [0.2, 0.25) is 10.0 Å². The van der Waals surface area contributed by atoms with E-state index in [1.165, 1.54) is 6.42 Å². The minimum atomic E-state index is -3.33. The van der Waals surface area contributed by atoms with Gasteiger partial charge in [0.15, 0.2) is 0 Å². The van der Waals surface area contributed by atoms with Gasteiger partial charge >= 0.3 is 0 Å². The Balaban J connectivity index is 1.51. The average molecular weight is 462 g/mol. The lowest BCUT2D eigenvalue weighted by Gasteiger charge is -2.47. The van der Waals surface area contributed by atoms with Crippen LogP contribution in [0, 0.1) is 0 Å². The van der Waals surface area contributed by atoms with Crippen LogP contribution >= 0.6 is 0 Å². The third-order valence-electron chi connectivity index (χ3n) is 7.71. The van der Waals surface area contributed by atoms with Gasteiger partial charge in [0.25, 0.3) is 0 Å². The van der Waals surface area contributed by atoms with Gasteiger partial charge in [0.05, 0.1) is 11.3 Å². The molecule has 0 aromatic carbocycles. The zero-order valence-electron chi connectivity index (χ0n) is 19.8. The number of nitrogens with two attached hydrogens (primary N) is 1. The number of sulfonamides is 1. The highest BCUT2D eigenvalue weighted by Gasteiger charge is 2.43. The quantitative estimate of drug-likeness (QED) is 0.550. The number of nitrogens with zero attached hydrogens (tertiary/aromatic N) is 4. The number of alkyl halides is 1. The monoisotopic (exact) mass is 461 g/mol. The van der Waals surface area contributed by atoms with Crippen LogP contribution in [-0.2, 0) is 10.0 Å². The van der Waals surface area contributed by atoms with E-state index in [0.29, 0.717) is 32.5 Å². The van der Waals surface area contributed by atoms with E-state index in [0.717, 1.165) is 51.9 Å². The van der Waals surface area contributed by atoms with Crippen LogP contribution in [0.1, 0.15) is 51.9 Å². The van der Waals surface area contributed by atoms with Crippen molar-refractivity contribution in [2.24, 2.45) is 5.73 Å². The maximum Gasteiger partial charge on any atom is 0.217 e. The third-order valence-corrected chi connectivity index (χ3v) is 10.1. The Labute approximate surface area is 189 Å². The molecule has 0 saturated carbocycles. The minimum absolute atomic E-state index is 0.0971. The van der Waals surface area contributed by atoms with Gasteiger partial charge in [0.1, 0.15) is 6.17 Å². The largest absolute Gasteiger partial charge is 0.325 e. The molecule has 3 rings (SSSR count). The summed E-state index contributed by atoms with van der Waals surface area (Å²) in [4.78, 5) is 6.54. The summed E-state index contributed by atoms with van der Waals surface area (Å²) in [5.74, 6) is 0. The molecule has 182 valence electrons. The molecule has 0 bridgehead atoms. The molecule has 0 aromatic heterocycles. The molecule has 0 radical (unpaired) electrons. The molecule has 31 heavy (non-hydrogen) atoms. The molecule has 2 N–H and O–H groups in total. The number of hydrogen-bond donors (Lipinski definition) is 1. The van der Waals surface area contributed by atoms with Crippen LogP contribution in [0.5, 0.6) is 0 Å². The lowest BCUT2D eigenvalue weighted by Crippen LogP contribution is -2.65. The summed E-state index contributed by atoms with van der Waals surface area (Å²) < 4.78 is 43.2. The Hall–Kier alpha value is -0.320. The fraction of sp³-hybridized carbons (Fsp3) is 1.00. The van der Waals surface area contributed by atoms with Crippen molar-refractivity contribution < 1.29 is 12.8 Å². The number of unbranched alkanes of at least 4 members (excludes halogenated alkanes) is 2. The van der Waals surface area contributed by atoms with Crippen molar-refractivity contribution in [3.63, 3.8) is 0 Å². The predicted molar refractivity (Wildman–Crippen MR) is 124 cm³/mol. The van der Waals surface area contributed by atoms with Crippen LogP contribution in [0.25, 0.3) is 0 Å². The summed E-state index contributed by atoms with van der Waals surface area (Å²) in [7, 11) is 0.505. The summed E-state index contributed by atoms with van der Waals surface area (Å²) >= 11 is 0. The van der Waals surface area contributed by atoms with Crippen molar-refractivity contribution in [3.05, 3.63) is 0 Å². The Kier molecular flexibility index (Phi) is 9.15. The molecule has 3 aliphatic heterocycles. The van der Waals surface area contributed by atoms with E-state index < -0.39 is 16.2 Å². The molecule has 0 spiro atoms. The molecular weight excluding hydrogens is 417 g/mol. The zero-order valence-corrected chi connectivity index (χ0v) is 20.6. The van der Waals surface area contributed by atoms with Crippen molar-refractivity contribution in [1.29, 1.82) is 0 Å². The molecule has 3 heterocycles. The molecule has 9 heteroatoms. The Morgan fingerprint density at radius 1 is 1.03 bits per heavy atom. The van der Waals surface area contributed by atoms with Gasteiger partial charge in [-0.15, -0.1) is 0 Å². The number of rotatable bonds is 8. The van der Waals surface area contributed by atoms with Gasteiger partial charge in [-0.1, -0.05) is 19.8 Å². The van der Waals surface area contributed by atoms with E-state index >= 15 is 4.39 Å². The van der Waals surface area contributed by atoms with E-state index in [9.17, 15) is 8.42 Å². The molecule has 0 aromatic rings. The van der Waals surface area contributed by atoms with Gasteiger partial charge in [-0.05, 0) is 71.9 Å². The van der Waals surface area contributed by atoms with Gasteiger partial charge in [-0.25, -0.2) is 17.1 Å². The first kappa shape index (κ1) is 25.3. The van der Waals surface area contributed by atoms with E-state index in [1.807, 2.05) is 0 Å². The van der Waals surface area contributed by atoms with Gasteiger partial charge < -0.3 is 10.6 Å². The molecule has 3 saturated heterocycles. The molecule has 3 atom stereocenters. The van der Waals surface area contributed by atoms with Gasteiger partial charge in [0, 0.05) is 32.2 Å². The van der Waals surface area contributed by atoms with Gasteiger partial charge in [-0.2, -0.15) is 0 Å². The predicted octanol–water partition coefficient (Wildman–Crippen LogP) is 1.35. The maximum atomic E-state index is 15.1. The first-order valence-electron chi connectivity index (χ1n) is 12.3. The summed E-state index contributed by atoms with van der Waals surface area (Å²) in [5, 5.41) is -0.364. The maximum absolute atomic E-state index is 15.1. The second kappa shape index (κ2) is 11.2. The summed E-state index contributed by atoms with van der Waals surface area (Å²) in [5.41, 5.74) is 6.42. The van der Waals surface area contributed by atoms with E-state index in [1.54, 1.807) is 11.4 Å². The van der Waals surface area contributed by atoms with Crippen LogP contribution in [0.15, 0.2) is 0 Å². The van der Waals surface area contributed by atoms with Crippen molar-refractivity contribution in [2.75, 3.05) is 59.9 Å². The van der Waals surface area contributed by atoms with Crippen LogP contribution < -0.4 is 5.73 Å². The highest BCUT2D eigenvalue weighted by Crippen LogP contribution is 2.28. The summed E-state index contributed by atoms with van der Waals surface area (Å²) in [6.07, 6.45) is 5.35. The third kappa shape index (κ3) is 6.18. The molecular formula is C22H44FN5O2S. The highest BCUT2D eigenvalue weighted by atomic mass is 32.2. The normalized spacial score (nSPS) is 31.5. The SMILES string of the molecule is CCCCCN1CC(N)C(N2CCC(S(=O)(=O)N(C)C3CCN(C)CC3)CC2)C(F)C1. The molecule has 3 fully saturated rings. The first-order chi connectivity index (χ1) is 14.7. The van der Waals surface area contributed by atoms with E-state index in [-0.39, 0.29) is 23.4 Å². The average Bonchev–Trinajstić information content (AvgIpc) is 2.74. The van der Waals surface area contributed by atoms with Gasteiger partial charge in [-0.3, -0.25) is 9.80 Å². The molecule has 7 nitrogen and oxygen atoms in total. The van der Waals surface area contributed by atoms with Crippen LogP contribution in [0.4, 0.5) is 4.39 Å². The second-order valence-electron chi connectivity index (χ2n) is 9.97. The standard InChI is InChI=1S/C22H44FN5O2S/c1-4-5-6-11-27-16-20(23)22(21(24)17-27)28-14-9-19(10-15-28)31(29,30)26(3)18-7-12-25(2)13-8-18/h18-22H,4-17,24H2,1-3H3. The van der Waals surface area contributed by atoms with Crippen molar-refractivity contribution in [3.8, 4) is 0 Å². The second-order valence-corrected chi connectivity index (χ2v) is 12.2. The Morgan fingerprint density at radius 2 is 1.68 bits per heavy atom. The number of halogens is 1. The Bertz CT molecular complexity index is 638. The van der Waals surface area contributed by atoms with Crippen LogP contribution in [0.2, 0.25) is 0 Å². The van der Waals surface area contributed by atoms with E-state index in [4.69, 9.17) is 5.73 Å². The summed E-state index contributed by atoms with van der Waals surface area (Å²) in [6.45, 7) is 7.36. The minimum Gasteiger partial charge on any atom is -0.325 e. The van der Waals surface area contributed by atoms with Crippen molar-refractivity contribution >= 4 is 10.0 Å². The summed E-state index contributed by atoms with van der Waals surface area (Å²) in [6, 6.07) is -0.418.